The predicted molar refractivity (Wildman–Crippen MR) is 110 cm³/mol. The lowest BCUT2D eigenvalue weighted by atomic mass is 10.2. The van der Waals surface area contributed by atoms with Gasteiger partial charge in [0.15, 0.2) is 0 Å². The zero-order valence-electron chi connectivity index (χ0n) is 16.7. The Morgan fingerprint density at radius 2 is 2.07 bits per heavy atom. The number of fused-ring (bicyclic) bond motifs is 1. The SMILES string of the molecule is CCCCN(C(=O)O)S(=O)(=O)CCc1c(C)nn(C)c1-n1ccc2cccnc21. The molecule has 0 saturated carbocycles. The van der Waals surface area contributed by atoms with Crippen molar-refractivity contribution in [2.45, 2.75) is 33.1 Å². The first kappa shape index (κ1) is 20.8. The lowest BCUT2D eigenvalue weighted by Crippen LogP contribution is -2.38. The maximum atomic E-state index is 12.7. The van der Waals surface area contributed by atoms with Gasteiger partial charge in [0.25, 0.3) is 0 Å². The van der Waals surface area contributed by atoms with Crippen LogP contribution in [0.25, 0.3) is 16.9 Å². The van der Waals surface area contributed by atoms with Crippen LogP contribution < -0.4 is 0 Å². The second-order valence-corrected chi connectivity index (χ2v) is 8.90. The maximum absolute atomic E-state index is 12.7. The molecule has 0 radical (unpaired) electrons. The van der Waals surface area contributed by atoms with Gasteiger partial charge in [-0.3, -0.25) is 9.25 Å². The number of nitrogens with zero attached hydrogens (tertiary/aromatic N) is 5. The predicted octanol–water partition coefficient (Wildman–Crippen LogP) is 2.72. The lowest BCUT2D eigenvalue weighted by Gasteiger charge is -2.19. The number of aryl methyl sites for hydroxylation is 2. The van der Waals surface area contributed by atoms with Crippen LogP contribution in [0.15, 0.2) is 30.6 Å². The molecule has 3 aromatic rings. The van der Waals surface area contributed by atoms with E-state index in [0.29, 0.717) is 22.8 Å². The molecule has 0 saturated heterocycles. The molecule has 0 aromatic carbocycles. The quantitative estimate of drug-likeness (QED) is 0.601. The number of hydrogen-bond acceptors (Lipinski definition) is 5. The maximum Gasteiger partial charge on any atom is 0.421 e. The summed E-state index contributed by atoms with van der Waals surface area (Å²) in [6.45, 7) is 3.67. The van der Waals surface area contributed by atoms with Gasteiger partial charge in [-0.1, -0.05) is 13.3 Å². The molecule has 0 aliphatic heterocycles. The molecular formula is C19H25N5O4S. The number of rotatable bonds is 8. The molecule has 10 heteroatoms. The zero-order valence-corrected chi connectivity index (χ0v) is 17.6. The Kier molecular flexibility index (Phi) is 5.92. The first-order valence-corrected chi connectivity index (χ1v) is 11.1. The number of amides is 1. The normalized spacial score (nSPS) is 11.8. The Hall–Kier alpha value is -2.88. The van der Waals surface area contributed by atoms with Crippen molar-refractivity contribution < 1.29 is 18.3 Å². The van der Waals surface area contributed by atoms with Crippen molar-refractivity contribution in [1.82, 2.24) is 23.6 Å². The molecule has 3 heterocycles. The molecule has 1 N–H and O–H groups in total. The fraction of sp³-hybridized carbons (Fsp3) is 0.421. The molecule has 0 bridgehead atoms. The van der Waals surface area contributed by atoms with Crippen molar-refractivity contribution in [3.8, 4) is 5.82 Å². The molecule has 0 aliphatic rings. The van der Waals surface area contributed by atoms with E-state index < -0.39 is 16.1 Å². The third-order valence-electron chi connectivity index (χ3n) is 4.86. The molecule has 0 aliphatic carbocycles. The number of pyridine rings is 1. The smallest absolute Gasteiger partial charge is 0.421 e. The van der Waals surface area contributed by atoms with Crippen molar-refractivity contribution in [3.05, 3.63) is 41.9 Å². The molecule has 0 spiro atoms. The van der Waals surface area contributed by atoms with Crippen molar-refractivity contribution >= 4 is 27.1 Å². The van der Waals surface area contributed by atoms with E-state index in [1.807, 2.05) is 42.8 Å². The van der Waals surface area contributed by atoms with Gasteiger partial charge < -0.3 is 5.11 Å². The van der Waals surface area contributed by atoms with Crippen LogP contribution >= 0.6 is 0 Å². The zero-order chi connectivity index (χ0) is 21.2. The lowest BCUT2D eigenvalue weighted by molar-refractivity contribution is 0.172. The minimum atomic E-state index is -3.96. The van der Waals surface area contributed by atoms with Crippen molar-refractivity contribution in [1.29, 1.82) is 0 Å². The van der Waals surface area contributed by atoms with E-state index in [1.54, 1.807) is 17.9 Å². The van der Waals surface area contributed by atoms with Crippen molar-refractivity contribution in [2.24, 2.45) is 7.05 Å². The highest BCUT2D eigenvalue weighted by Crippen LogP contribution is 2.24. The number of sulfonamides is 1. The fourth-order valence-electron chi connectivity index (χ4n) is 3.42. The number of carbonyl (C=O) groups is 1. The van der Waals surface area contributed by atoms with Gasteiger partial charge in [0.2, 0.25) is 10.0 Å². The summed E-state index contributed by atoms with van der Waals surface area (Å²) in [5, 5.41) is 14.7. The first-order chi connectivity index (χ1) is 13.8. The summed E-state index contributed by atoms with van der Waals surface area (Å²) >= 11 is 0. The number of aromatic nitrogens is 4. The van der Waals surface area contributed by atoms with E-state index in [-0.39, 0.29) is 18.7 Å². The Balaban J connectivity index is 1.94. The summed E-state index contributed by atoms with van der Waals surface area (Å²) < 4.78 is 29.5. The van der Waals surface area contributed by atoms with Crippen LogP contribution in [0.4, 0.5) is 4.79 Å². The second kappa shape index (κ2) is 8.24. The second-order valence-electron chi connectivity index (χ2n) is 6.89. The Morgan fingerprint density at radius 1 is 1.31 bits per heavy atom. The van der Waals surface area contributed by atoms with Crippen LogP contribution in [0.5, 0.6) is 0 Å². The van der Waals surface area contributed by atoms with Gasteiger partial charge in [0.05, 0.1) is 11.4 Å². The largest absolute Gasteiger partial charge is 0.464 e. The Bertz CT molecular complexity index is 1130. The number of carboxylic acid groups (broad SMARTS) is 1. The van der Waals surface area contributed by atoms with Crippen LogP contribution in [0, 0.1) is 6.92 Å². The van der Waals surface area contributed by atoms with Gasteiger partial charge in [0.1, 0.15) is 11.5 Å². The molecule has 156 valence electrons. The number of hydrogen-bond donors (Lipinski definition) is 1. The monoisotopic (exact) mass is 419 g/mol. The molecule has 3 rings (SSSR count). The van der Waals surface area contributed by atoms with E-state index >= 15 is 0 Å². The molecule has 1 amide bonds. The molecular weight excluding hydrogens is 394 g/mol. The summed E-state index contributed by atoms with van der Waals surface area (Å²) in [6.07, 6.45) is 3.48. The van der Waals surface area contributed by atoms with Gasteiger partial charge >= 0.3 is 6.09 Å². The van der Waals surface area contributed by atoms with Crippen LogP contribution in [0.2, 0.25) is 0 Å². The summed E-state index contributed by atoms with van der Waals surface area (Å²) in [4.78, 5) is 15.9. The van der Waals surface area contributed by atoms with Crippen LogP contribution in [0.3, 0.4) is 0 Å². The highest BCUT2D eigenvalue weighted by Gasteiger charge is 2.28. The first-order valence-electron chi connectivity index (χ1n) is 9.44. The molecule has 3 aromatic heterocycles. The van der Waals surface area contributed by atoms with E-state index in [9.17, 15) is 18.3 Å². The van der Waals surface area contributed by atoms with Gasteiger partial charge in [-0.25, -0.2) is 22.5 Å². The summed E-state index contributed by atoms with van der Waals surface area (Å²) in [5.74, 6) is 0.414. The van der Waals surface area contributed by atoms with Crippen LogP contribution in [-0.2, 0) is 23.5 Å². The van der Waals surface area contributed by atoms with Gasteiger partial charge in [-0.2, -0.15) is 5.10 Å². The molecule has 0 fully saturated rings. The fourth-order valence-corrected chi connectivity index (χ4v) is 4.75. The average molecular weight is 420 g/mol. The van der Waals surface area contributed by atoms with Crippen LogP contribution in [-0.4, -0.2) is 55.6 Å². The van der Waals surface area contributed by atoms with Gasteiger partial charge in [-0.05, 0) is 38.0 Å². The van der Waals surface area contributed by atoms with E-state index in [1.165, 1.54) is 0 Å². The van der Waals surface area contributed by atoms with E-state index in [0.717, 1.165) is 22.4 Å². The van der Waals surface area contributed by atoms with E-state index in [4.69, 9.17) is 0 Å². The molecule has 9 nitrogen and oxygen atoms in total. The third kappa shape index (κ3) is 4.12. The molecule has 0 unspecified atom stereocenters. The van der Waals surface area contributed by atoms with Gasteiger partial charge in [0, 0.05) is 36.9 Å². The molecule has 29 heavy (non-hydrogen) atoms. The topological polar surface area (TPSA) is 110 Å². The highest BCUT2D eigenvalue weighted by molar-refractivity contribution is 7.89. The Labute approximate surface area is 169 Å². The van der Waals surface area contributed by atoms with Gasteiger partial charge in [-0.15, -0.1) is 0 Å². The standard InChI is InChI=1S/C19H25N5O4S/c1-4-5-11-24(19(25)26)29(27,28)13-9-16-14(2)21-22(3)18(16)23-12-8-15-7-6-10-20-17(15)23/h6-8,10,12H,4-5,9,11,13H2,1-3H3,(H,25,26). The number of unbranched alkanes of at least 4 members (excludes halogenated alkanes) is 1. The van der Waals surface area contributed by atoms with E-state index in [2.05, 4.69) is 10.1 Å². The third-order valence-corrected chi connectivity index (χ3v) is 6.59. The minimum Gasteiger partial charge on any atom is -0.464 e. The average Bonchev–Trinajstić information content (AvgIpc) is 3.19. The summed E-state index contributed by atoms with van der Waals surface area (Å²) in [6, 6.07) is 5.73. The van der Waals surface area contributed by atoms with Crippen LogP contribution in [0.1, 0.15) is 31.0 Å². The summed E-state index contributed by atoms with van der Waals surface area (Å²) in [7, 11) is -2.16. The summed E-state index contributed by atoms with van der Waals surface area (Å²) in [5.41, 5.74) is 2.20. The Morgan fingerprint density at radius 3 is 2.76 bits per heavy atom. The minimum absolute atomic E-state index is 0.0286. The van der Waals surface area contributed by atoms with Crippen molar-refractivity contribution in [2.75, 3.05) is 12.3 Å². The highest BCUT2D eigenvalue weighted by atomic mass is 32.2. The van der Waals surface area contributed by atoms with Crippen molar-refractivity contribution in [3.63, 3.8) is 0 Å². The molecule has 0 atom stereocenters.